The van der Waals surface area contributed by atoms with Gasteiger partial charge in [0.15, 0.2) is 11.6 Å². The minimum atomic E-state index is -0.837. The molecule has 0 aliphatic carbocycles. The topological polar surface area (TPSA) is 35.8 Å². The fraction of sp³-hybridized carbons (Fsp3) is 0. The first kappa shape index (κ1) is 13.8. The third-order valence-corrected chi connectivity index (χ3v) is 3.59. The molecule has 0 heterocycles. The number of halogens is 4. The van der Waals surface area contributed by atoms with E-state index in [1.54, 1.807) is 18.2 Å². The predicted octanol–water partition coefficient (Wildman–Crippen LogP) is 5.00. The van der Waals surface area contributed by atoms with E-state index in [4.69, 9.17) is 16.9 Å². The van der Waals surface area contributed by atoms with Crippen LogP contribution in [-0.4, -0.2) is 0 Å². The van der Waals surface area contributed by atoms with E-state index in [0.717, 1.165) is 12.1 Å². The summed E-state index contributed by atoms with van der Waals surface area (Å²) in [5.41, 5.74) is 0.0440. The standard InChI is InChI=1S/C13H6BrClF2N2/c14-9-2-1-8(5-10(9)15)19-13-11(16)3-7(6-18)4-12(13)17/h1-5,19H. The van der Waals surface area contributed by atoms with Gasteiger partial charge in [0, 0.05) is 10.2 Å². The molecule has 0 amide bonds. The summed E-state index contributed by atoms with van der Waals surface area (Å²) in [5, 5.41) is 11.6. The summed E-state index contributed by atoms with van der Waals surface area (Å²) in [5.74, 6) is -1.67. The Labute approximate surface area is 121 Å². The fourth-order valence-corrected chi connectivity index (χ4v) is 1.90. The summed E-state index contributed by atoms with van der Waals surface area (Å²) >= 11 is 9.11. The molecule has 2 aromatic carbocycles. The van der Waals surface area contributed by atoms with Crippen LogP contribution in [0.25, 0.3) is 0 Å². The molecule has 0 aliphatic rings. The molecule has 0 aliphatic heterocycles. The second-order valence-electron chi connectivity index (χ2n) is 3.68. The first-order valence-corrected chi connectivity index (χ1v) is 6.29. The summed E-state index contributed by atoms with van der Waals surface area (Å²) in [6.07, 6.45) is 0. The van der Waals surface area contributed by atoms with E-state index in [2.05, 4.69) is 21.2 Å². The third-order valence-electron chi connectivity index (χ3n) is 2.36. The first-order valence-electron chi connectivity index (χ1n) is 5.12. The molecule has 0 aromatic heterocycles. The van der Waals surface area contributed by atoms with Gasteiger partial charge in [0.05, 0.1) is 16.7 Å². The summed E-state index contributed by atoms with van der Waals surface area (Å²) in [6.45, 7) is 0. The number of nitriles is 1. The fourth-order valence-electron chi connectivity index (χ4n) is 1.48. The molecule has 96 valence electrons. The molecule has 2 aromatic rings. The Bertz CT molecular complexity index is 660. The van der Waals surface area contributed by atoms with Crippen LogP contribution in [0, 0.1) is 23.0 Å². The average Bonchev–Trinajstić information content (AvgIpc) is 2.37. The molecule has 0 saturated carbocycles. The van der Waals surface area contributed by atoms with Gasteiger partial charge in [-0.2, -0.15) is 5.26 Å². The normalized spacial score (nSPS) is 10.1. The van der Waals surface area contributed by atoms with Gasteiger partial charge in [0.1, 0.15) is 5.69 Å². The maximum Gasteiger partial charge on any atom is 0.150 e. The van der Waals surface area contributed by atoms with Crippen molar-refractivity contribution >= 4 is 38.9 Å². The molecule has 19 heavy (non-hydrogen) atoms. The quantitative estimate of drug-likeness (QED) is 0.833. The molecule has 1 N–H and O–H groups in total. The SMILES string of the molecule is N#Cc1cc(F)c(Nc2ccc(Br)c(Cl)c2)c(F)c1. The van der Waals surface area contributed by atoms with Crippen molar-refractivity contribution < 1.29 is 8.78 Å². The Morgan fingerprint density at radius 2 is 1.79 bits per heavy atom. The summed E-state index contributed by atoms with van der Waals surface area (Å²) < 4.78 is 28.0. The van der Waals surface area contributed by atoms with Crippen molar-refractivity contribution in [1.29, 1.82) is 5.26 Å². The van der Waals surface area contributed by atoms with E-state index in [0.29, 0.717) is 15.2 Å². The number of nitrogens with zero attached hydrogens (tertiary/aromatic N) is 1. The Morgan fingerprint density at radius 3 is 2.32 bits per heavy atom. The highest BCUT2D eigenvalue weighted by Crippen LogP contribution is 2.29. The van der Waals surface area contributed by atoms with E-state index in [-0.39, 0.29) is 11.3 Å². The number of hydrogen-bond donors (Lipinski definition) is 1. The van der Waals surface area contributed by atoms with E-state index >= 15 is 0 Å². The zero-order valence-electron chi connectivity index (χ0n) is 9.35. The van der Waals surface area contributed by atoms with Crippen LogP contribution in [0.2, 0.25) is 5.02 Å². The van der Waals surface area contributed by atoms with E-state index in [1.165, 1.54) is 6.07 Å². The number of benzene rings is 2. The lowest BCUT2D eigenvalue weighted by Gasteiger charge is -2.10. The average molecular weight is 344 g/mol. The van der Waals surface area contributed by atoms with Crippen LogP contribution < -0.4 is 5.32 Å². The first-order chi connectivity index (χ1) is 9.01. The lowest BCUT2D eigenvalue weighted by atomic mass is 10.2. The molecule has 0 unspecified atom stereocenters. The Balaban J connectivity index is 2.38. The molecule has 0 fully saturated rings. The summed E-state index contributed by atoms with van der Waals surface area (Å²) in [4.78, 5) is 0. The van der Waals surface area contributed by atoms with Gasteiger partial charge in [-0.3, -0.25) is 0 Å². The van der Waals surface area contributed by atoms with E-state index in [9.17, 15) is 8.78 Å². The van der Waals surface area contributed by atoms with Gasteiger partial charge in [-0.15, -0.1) is 0 Å². The van der Waals surface area contributed by atoms with Crippen molar-refractivity contribution in [3.05, 3.63) is 57.0 Å². The van der Waals surface area contributed by atoms with Crippen molar-refractivity contribution in [3.8, 4) is 6.07 Å². The number of hydrogen-bond acceptors (Lipinski definition) is 2. The van der Waals surface area contributed by atoms with Gasteiger partial charge in [-0.05, 0) is 46.3 Å². The van der Waals surface area contributed by atoms with Crippen molar-refractivity contribution in [1.82, 2.24) is 0 Å². The van der Waals surface area contributed by atoms with Crippen molar-refractivity contribution in [2.45, 2.75) is 0 Å². The minimum absolute atomic E-state index is 0.0746. The largest absolute Gasteiger partial charge is 0.351 e. The zero-order chi connectivity index (χ0) is 14.0. The monoisotopic (exact) mass is 342 g/mol. The molecule has 0 saturated heterocycles. The number of nitrogens with one attached hydrogen (secondary N) is 1. The lowest BCUT2D eigenvalue weighted by Crippen LogP contribution is -1.98. The van der Waals surface area contributed by atoms with Crippen LogP contribution in [0.3, 0.4) is 0 Å². The van der Waals surface area contributed by atoms with Crippen LogP contribution in [0.1, 0.15) is 5.56 Å². The highest BCUT2D eigenvalue weighted by molar-refractivity contribution is 9.10. The summed E-state index contributed by atoms with van der Waals surface area (Å²) in [6, 6.07) is 8.41. The van der Waals surface area contributed by atoms with Crippen molar-refractivity contribution in [3.63, 3.8) is 0 Å². The van der Waals surface area contributed by atoms with Crippen LogP contribution in [0.15, 0.2) is 34.8 Å². The predicted molar refractivity (Wildman–Crippen MR) is 73.5 cm³/mol. The Morgan fingerprint density at radius 1 is 1.16 bits per heavy atom. The van der Waals surface area contributed by atoms with Gasteiger partial charge in [0.25, 0.3) is 0 Å². The number of anilines is 2. The molecule has 0 spiro atoms. The van der Waals surface area contributed by atoms with E-state index in [1.807, 2.05) is 0 Å². The molecule has 0 bridgehead atoms. The highest BCUT2D eigenvalue weighted by atomic mass is 79.9. The number of rotatable bonds is 2. The molecule has 2 rings (SSSR count). The summed E-state index contributed by atoms with van der Waals surface area (Å²) in [7, 11) is 0. The Kier molecular flexibility index (Phi) is 4.03. The zero-order valence-corrected chi connectivity index (χ0v) is 11.7. The van der Waals surface area contributed by atoms with Gasteiger partial charge in [-0.1, -0.05) is 11.6 Å². The third kappa shape index (κ3) is 3.03. The Hall–Kier alpha value is -1.64. The molecular weight excluding hydrogens is 338 g/mol. The van der Waals surface area contributed by atoms with Crippen molar-refractivity contribution in [2.75, 3.05) is 5.32 Å². The van der Waals surface area contributed by atoms with Gasteiger partial charge >= 0.3 is 0 Å². The van der Waals surface area contributed by atoms with Gasteiger partial charge in [-0.25, -0.2) is 8.78 Å². The van der Waals surface area contributed by atoms with Crippen molar-refractivity contribution in [2.24, 2.45) is 0 Å². The smallest absolute Gasteiger partial charge is 0.150 e. The van der Waals surface area contributed by atoms with Crippen LogP contribution in [0.4, 0.5) is 20.2 Å². The second-order valence-corrected chi connectivity index (χ2v) is 4.94. The van der Waals surface area contributed by atoms with Crippen LogP contribution in [0.5, 0.6) is 0 Å². The van der Waals surface area contributed by atoms with E-state index < -0.39 is 11.6 Å². The molecular formula is C13H6BrClF2N2. The molecule has 2 nitrogen and oxygen atoms in total. The van der Waals surface area contributed by atoms with Crippen LogP contribution in [-0.2, 0) is 0 Å². The maximum atomic E-state index is 13.7. The lowest BCUT2D eigenvalue weighted by molar-refractivity contribution is 0.590. The van der Waals surface area contributed by atoms with Crippen LogP contribution >= 0.6 is 27.5 Å². The minimum Gasteiger partial charge on any atom is -0.351 e. The second kappa shape index (κ2) is 5.55. The molecule has 0 radical (unpaired) electrons. The molecule has 6 heteroatoms. The van der Waals surface area contributed by atoms with Gasteiger partial charge < -0.3 is 5.32 Å². The maximum absolute atomic E-state index is 13.7. The molecule has 0 atom stereocenters. The van der Waals surface area contributed by atoms with Gasteiger partial charge in [0.2, 0.25) is 0 Å². The highest BCUT2D eigenvalue weighted by Gasteiger charge is 2.12.